The summed E-state index contributed by atoms with van der Waals surface area (Å²) in [6, 6.07) is 5.61. The number of aliphatic hydroxyl groups is 1. The van der Waals surface area contributed by atoms with Crippen molar-refractivity contribution in [1.29, 1.82) is 0 Å². The highest BCUT2D eigenvalue weighted by molar-refractivity contribution is 5.97. The summed E-state index contributed by atoms with van der Waals surface area (Å²) in [5.41, 5.74) is 6.92. The van der Waals surface area contributed by atoms with E-state index >= 15 is 0 Å². The predicted molar refractivity (Wildman–Crippen MR) is 230 cm³/mol. The van der Waals surface area contributed by atoms with Gasteiger partial charge in [-0.2, -0.15) is 0 Å². The van der Waals surface area contributed by atoms with Crippen molar-refractivity contribution in [2.24, 2.45) is 5.73 Å². The van der Waals surface area contributed by atoms with Crippen LogP contribution in [0.5, 0.6) is 0 Å². The molecule has 0 aliphatic carbocycles. The van der Waals surface area contributed by atoms with E-state index in [1.54, 1.807) is 60.7 Å². The molecule has 8 amide bonds. The topological polar surface area (TPSA) is 391 Å². The molecule has 0 spiro atoms. The molecule has 14 N–H and O–H groups in total. The summed E-state index contributed by atoms with van der Waals surface area (Å²) in [6.45, 7) is 2.16. The molecule has 66 heavy (non-hydrogen) atoms. The first-order chi connectivity index (χ1) is 31.1. The molecule has 24 nitrogen and oxygen atoms in total. The van der Waals surface area contributed by atoms with Crippen LogP contribution in [0.15, 0.2) is 60.7 Å². The molecule has 2 aromatic carbocycles. The molecule has 0 unspecified atom stereocenters. The van der Waals surface area contributed by atoms with Crippen LogP contribution in [0.2, 0.25) is 0 Å². The number of aliphatic hydroxyl groups excluding tert-OH is 1. The normalized spacial score (nSPS) is 14.4. The van der Waals surface area contributed by atoms with Gasteiger partial charge in [-0.05, 0) is 44.7 Å². The molecular weight excluding hydrogens is 871 g/mol. The molecule has 2 aromatic rings. The number of carbonyl (C=O) groups is 11. The van der Waals surface area contributed by atoms with E-state index in [2.05, 4.69) is 42.5 Å². The van der Waals surface area contributed by atoms with Gasteiger partial charge in [0.1, 0.15) is 42.3 Å². The van der Waals surface area contributed by atoms with Crippen LogP contribution in [0.25, 0.3) is 0 Å². The first-order valence-electron chi connectivity index (χ1n) is 20.6. The molecule has 360 valence electrons. The maximum Gasteiger partial charge on any atom is 0.326 e. The molecule has 0 aliphatic heterocycles. The van der Waals surface area contributed by atoms with Crippen LogP contribution < -0.4 is 48.3 Å². The van der Waals surface area contributed by atoms with Crippen LogP contribution in [-0.2, 0) is 65.6 Å². The van der Waals surface area contributed by atoms with Crippen molar-refractivity contribution in [2.75, 3.05) is 13.2 Å². The smallest absolute Gasteiger partial charge is 0.326 e. The molecular formula is C42H57N9O15. The SMILES string of the molecule is C[C@H](NC(=O)CNC(=O)[C@H](Cc1ccccc1)NC(=O)[C@H](CCC(=O)O)NC(=O)[C@@H](N)CCC(=O)O)C(=O)N[C@@H](C)C(=O)N[C@@H](C)C(=O)N[C@@H](CO)C(=O)N[C@@H](Cc1ccccc1)C(=O)O. The van der Waals surface area contributed by atoms with Gasteiger partial charge in [-0.25, -0.2) is 4.79 Å². The minimum atomic E-state index is -1.58. The lowest BCUT2D eigenvalue weighted by molar-refractivity contribution is -0.142. The van der Waals surface area contributed by atoms with Crippen molar-refractivity contribution < 1.29 is 73.2 Å². The second-order valence-corrected chi connectivity index (χ2v) is 15.1. The van der Waals surface area contributed by atoms with Crippen LogP contribution in [0.1, 0.15) is 57.6 Å². The Kier molecular flexibility index (Phi) is 22.9. The predicted octanol–water partition coefficient (Wildman–Crippen LogP) is -3.82. The number of nitrogens with one attached hydrogen (secondary N) is 8. The summed E-state index contributed by atoms with van der Waals surface area (Å²) in [5.74, 6) is -11.2. The van der Waals surface area contributed by atoms with Crippen molar-refractivity contribution in [3.05, 3.63) is 71.8 Å². The molecule has 0 radical (unpaired) electrons. The van der Waals surface area contributed by atoms with Crippen molar-refractivity contribution in [3.63, 3.8) is 0 Å². The van der Waals surface area contributed by atoms with E-state index in [9.17, 15) is 68.1 Å². The van der Waals surface area contributed by atoms with Gasteiger partial charge in [0, 0.05) is 25.7 Å². The lowest BCUT2D eigenvalue weighted by Crippen LogP contribution is -2.58. The van der Waals surface area contributed by atoms with Crippen molar-refractivity contribution in [3.8, 4) is 0 Å². The van der Waals surface area contributed by atoms with Gasteiger partial charge in [0.25, 0.3) is 0 Å². The number of carboxylic acids is 3. The number of aliphatic carboxylic acids is 3. The highest BCUT2D eigenvalue weighted by Gasteiger charge is 2.31. The molecule has 0 aromatic heterocycles. The van der Waals surface area contributed by atoms with Gasteiger partial charge in [-0.15, -0.1) is 0 Å². The number of rotatable bonds is 28. The van der Waals surface area contributed by atoms with E-state index in [0.717, 1.165) is 0 Å². The Morgan fingerprint density at radius 1 is 0.485 bits per heavy atom. The van der Waals surface area contributed by atoms with Crippen LogP contribution in [0, 0.1) is 0 Å². The van der Waals surface area contributed by atoms with E-state index in [4.69, 9.17) is 10.8 Å². The zero-order valence-electron chi connectivity index (χ0n) is 36.4. The molecule has 0 bridgehead atoms. The van der Waals surface area contributed by atoms with Gasteiger partial charge in [0.2, 0.25) is 47.3 Å². The van der Waals surface area contributed by atoms with Crippen LogP contribution in [0.4, 0.5) is 0 Å². The van der Waals surface area contributed by atoms with Gasteiger partial charge < -0.3 is 68.7 Å². The summed E-state index contributed by atoms with van der Waals surface area (Å²) in [6.07, 6.45) is -1.94. The van der Waals surface area contributed by atoms with Gasteiger partial charge >= 0.3 is 17.9 Å². The Labute approximate surface area is 378 Å². The third kappa shape index (κ3) is 19.9. The average Bonchev–Trinajstić information content (AvgIpc) is 3.27. The molecule has 2 rings (SSSR count). The number of amides is 8. The first-order valence-corrected chi connectivity index (χ1v) is 20.6. The van der Waals surface area contributed by atoms with Crippen LogP contribution >= 0.6 is 0 Å². The quantitative estimate of drug-likeness (QED) is 0.0389. The van der Waals surface area contributed by atoms with E-state index in [1.807, 2.05) is 0 Å². The second kappa shape index (κ2) is 27.7. The number of carbonyl (C=O) groups excluding carboxylic acids is 8. The van der Waals surface area contributed by atoms with E-state index in [1.165, 1.54) is 20.8 Å². The van der Waals surface area contributed by atoms with Gasteiger partial charge in [0.05, 0.1) is 19.2 Å². The van der Waals surface area contributed by atoms with Crippen LogP contribution in [-0.4, -0.2) is 147 Å². The summed E-state index contributed by atoms with van der Waals surface area (Å²) in [4.78, 5) is 138. The summed E-state index contributed by atoms with van der Waals surface area (Å²) in [7, 11) is 0. The Hall–Kier alpha value is -7.47. The molecule has 0 heterocycles. The molecule has 0 fully saturated rings. The minimum absolute atomic E-state index is 0.0805. The van der Waals surface area contributed by atoms with Crippen molar-refractivity contribution in [1.82, 2.24) is 42.5 Å². The first kappa shape index (κ1) is 54.7. The molecule has 0 saturated heterocycles. The standard InChI is InChI=1S/C42H57N9O15/c1-22(35(58)46-23(2)36(59)47-24(3)37(60)51-31(21-52)41(64)50-30(42(65)66)19-26-12-8-5-9-13-26)45-32(53)20-44-39(62)29(18-25-10-6-4-7-11-25)49-40(63)28(15-17-34(56)57)48-38(61)27(43)14-16-33(54)55/h4-13,22-24,27-31,52H,14-21,43H2,1-3H3,(H,44,62)(H,45,53)(H,46,58)(H,47,59)(H,48,61)(H,49,63)(H,50,64)(H,51,60)(H,54,55)(H,56,57)(H,65,66)/t22-,23-,24-,27-,28-,29-,30-,31-/m0/s1. The Morgan fingerprint density at radius 3 is 1.38 bits per heavy atom. The number of hydrogen-bond donors (Lipinski definition) is 13. The van der Waals surface area contributed by atoms with Crippen LogP contribution in [0.3, 0.4) is 0 Å². The van der Waals surface area contributed by atoms with Gasteiger partial charge in [0.15, 0.2) is 0 Å². The van der Waals surface area contributed by atoms with E-state index in [0.29, 0.717) is 11.1 Å². The summed E-state index contributed by atoms with van der Waals surface area (Å²) in [5, 5.41) is 56.1. The maximum absolute atomic E-state index is 13.4. The molecule has 0 saturated carbocycles. The number of hydrogen-bond acceptors (Lipinski definition) is 13. The van der Waals surface area contributed by atoms with Gasteiger partial charge in [-0.3, -0.25) is 47.9 Å². The average molecular weight is 928 g/mol. The third-order valence-electron chi connectivity index (χ3n) is 9.61. The number of carboxylic acid groups (broad SMARTS) is 3. The Morgan fingerprint density at radius 2 is 0.894 bits per heavy atom. The van der Waals surface area contributed by atoms with E-state index < -0.39 is 146 Å². The van der Waals surface area contributed by atoms with Crippen molar-refractivity contribution >= 4 is 65.2 Å². The second-order valence-electron chi connectivity index (χ2n) is 15.1. The highest BCUT2D eigenvalue weighted by atomic mass is 16.4. The lowest BCUT2D eigenvalue weighted by atomic mass is 10.0. The maximum atomic E-state index is 13.4. The third-order valence-corrected chi connectivity index (χ3v) is 9.61. The summed E-state index contributed by atoms with van der Waals surface area (Å²) < 4.78 is 0. The molecule has 0 aliphatic rings. The van der Waals surface area contributed by atoms with Gasteiger partial charge in [-0.1, -0.05) is 60.7 Å². The zero-order valence-corrected chi connectivity index (χ0v) is 36.4. The lowest BCUT2D eigenvalue weighted by Gasteiger charge is -2.24. The number of nitrogens with two attached hydrogens (primary N) is 1. The minimum Gasteiger partial charge on any atom is -0.481 e. The fourth-order valence-electron chi connectivity index (χ4n) is 5.83. The highest BCUT2D eigenvalue weighted by Crippen LogP contribution is 2.08. The molecule has 8 atom stereocenters. The fraction of sp³-hybridized carbons (Fsp3) is 0.452. The molecule has 24 heteroatoms. The zero-order chi connectivity index (χ0) is 49.5. The fourth-order valence-corrected chi connectivity index (χ4v) is 5.83. The monoisotopic (exact) mass is 927 g/mol. The van der Waals surface area contributed by atoms with E-state index in [-0.39, 0.29) is 19.3 Å². The van der Waals surface area contributed by atoms with Crippen molar-refractivity contribution in [2.45, 2.75) is 108 Å². The largest absolute Gasteiger partial charge is 0.481 e. The Balaban J connectivity index is 1.97. The Bertz CT molecular complexity index is 2040. The summed E-state index contributed by atoms with van der Waals surface area (Å²) >= 11 is 0. The number of benzene rings is 2.